The molecule has 0 aromatic carbocycles. The fraction of sp³-hybridized carbons (Fsp3) is 0.900. The fourth-order valence-corrected chi connectivity index (χ4v) is 2.65. The van der Waals surface area contributed by atoms with E-state index < -0.39 is 5.79 Å². The molecule has 3 saturated heterocycles. The van der Waals surface area contributed by atoms with E-state index in [0.29, 0.717) is 12.8 Å². The molecule has 0 saturated carbocycles. The predicted octanol–water partition coefficient (Wildman–Crippen LogP) is 0.986. The molecule has 3 aliphatic rings. The summed E-state index contributed by atoms with van der Waals surface area (Å²) in [5.41, 5.74) is 0. The van der Waals surface area contributed by atoms with Crippen molar-refractivity contribution in [3.63, 3.8) is 0 Å². The van der Waals surface area contributed by atoms with Crippen molar-refractivity contribution in [3.8, 4) is 0 Å². The van der Waals surface area contributed by atoms with Gasteiger partial charge in [0.2, 0.25) is 0 Å². The third-order valence-corrected chi connectivity index (χ3v) is 3.29. The Morgan fingerprint density at radius 1 is 1.36 bits per heavy atom. The molecule has 1 spiro atoms. The summed E-state index contributed by atoms with van der Waals surface area (Å²) in [6.07, 6.45) is 3.22. The van der Waals surface area contributed by atoms with Gasteiger partial charge in [-0.1, -0.05) is 0 Å². The third kappa shape index (κ3) is 1.17. The van der Waals surface area contributed by atoms with E-state index in [9.17, 15) is 4.79 Å². The van der Waals surface area contributed by atoms with Gasteiger partial charge in [-0.15, -0.1) is 0 Å². The first-order valence-electron chi connectivity index (χ1n) is 5.22. The molecule has 3 aliphatic heterocycles. The van der Waals surface area contributed by atoms with Crippen LogP contribution in [0.3, 0.4) is 0 Å². The van der Waals surface area contributed by atoms with Gasteiger partial charge in [-0.05, 0) is 13.3 Å². The number of esters is 1. The molecule has 78 valence electrons. The van der Waals surface area contributed by atoms with Crippen molar-refractivity contribution in [2.24, 2.45) is 0 Å². The lowest BCUT2D eigenvalue weighted by molar-refractivity contribution is -0.213. The van der Waals surface area contributed by atoms with Gasteiger partial charge in [-0.2, -0.15) is 0 Å². The standard InChI is InChI=1S/C10H14O4/c1-6-2-3-10(13-6)5-8-7(14-10)4-9(11)12-8/h6-8H,2-5H2,1H3. The van der Waals surface area contributed by atoms with Crippen LogP contribution in [-0.2, 0) is 19.0 Å². The molecule has 4 unspecified atom stereocenters. The number of carbonyl (C=O) groups excluding carboxylic acids is 1. The van der Waals surface area contributed by atoms with Crippen LogP contribution in [0.15, 0.2) is 0 Å². The van der Waals surface area contributed by atoms with Crippen LogP contribution >= 0.6 is 0 Å². The zero-order valence-corrected chi connectivity index (χ0v) is 8.19. The van der Waals surface area contributed by atoms with Crippen molar-refractivity contribution in [1.29, 1.82) is 0 Å². The Hall–Kier alpha value is -0.610. The molecule has 4 atom stereocenters. The molecule has 0 bridgehead atoms. The molecule has 0 aliphatic carbocycles. The van der Waals surface area contributed by atoms with Gasteiger partial charge < -0.3 is 14.2 Å². The summed E-state index contributed by atoms with van der Waals surface area (Å²) >= 11 is 0. The molecule has 4 heteroatoms. The van der Waals surface area contributed by atoms with Gasteiger partial charge in [-0.25, -0.2) is 0 Å². The normalized spacial score (nSPS) is 51.2. The minimum Gasteiger partial charge on any atom is -0.459 e. The van der Waals surface area contributed by atoms with Crippen molar-refractivity contribution in [1.82, 2.24) is 0 Å². The second kappa shape index (κ2) is 2.70. The Morgan fingerprint density at radius 2 is 2.21 bits per heavy atom. The second-order valence-electron chi connectivity index (χ2n) is 4.47. The van der Waals surface area contributed by atoms with Crippen LogP contribution in [0.4, 0.5) is 0 Å². The summed E-state index contributed by atoms with van der Waals surface area (Å²) in [4.78, 5) is 11.0. The minimum atomic E-state index is -0.435. The molecule has 0 aromatic rings. The van der Waals surface area contributed by atoms with Gasteiger partial charge in [0.25, 0.3) is 0 Å². The van der Waals surface area contributed by atoms with Crippen LogP contribution in [0.2, 0.25) is 0 Å². The zero-order valence-electron chi connectivity index (χ0n) is 8.19. The van der Waals surface area contributed by atoms with Gasteiger partial charge in [0.15, 0.2) is 5.79 Å². The van der Waals surface area contributed by atoms with E-state index >= 15 is 0 Å². The van der Waals surface area contributed by atoms with E-state index in [1.165, 1.54) is 0 Å². The molecular formula is C10H14O4. The maximum Gasteiger partial charge on any atom is 0.308 e. The highest BCUT2D eigenvalue weighted by molar-refractivity contribution is 5.72. The topological polar surface area (TPSA) is 44.8 Å². The number of carbonyl (C=O) groups is 1. The Kier molecular flexibility index (Phi) is 1.67. The van der Waals surface area contributed by atoms with Crippen LogP contribution in [-0.4, -0.2) is 30.1 Å². The summed E-state index contributed by atoms with van der Waals surface area (Å²) in [6.45, 7) is 2.05. The highest BCUT2D eigenvalue weighted by Crippen LogP contribution is 2.45. The highest BCUT2D eigenvalue weighted by Gasteiger charge is 2.55. The summed E-state index contributed by atoms with van der Waals surface area (Å²) in [5, 5.41) is 0. The lowest BCUT2D eigenvalue weighted by Crippen LogP contribution is -2.29. The van der Waals surface area contributed by atoms with Gasteiger partial charge >= 0.3 is 5.97 Å². The van der Waals surface area contributed by atoms with E-state index in [-0.39, 0.29) is 24.3 Å². The van der Waals surface area contributed by atoms with E-state index in [1.807, 2.05) is 0 Å². The molecule has 0 amide bonds. The van der Waals surface area contributed by atoms with Crippen LogP contribution in [0.5, 0.6) is 0 Å². The molecule has 0 radical (unpaired) electrons. The quantitative estimate of drug-likeness (QED) is 0.544. The van der Waals surface area contributed by atoms with E-state index in [0.717, 1.165) is 12.8 Å². The van der Waals surface area contributed by atoms with E-state index in [1.54, 1.807) is 0 Å². The summed E-state index contributed by atoms with van der Waals surface area (Å²) in [7, 11) is 0. The lowest BCUT2D eigenvalue weighted by Gasteiger charge is -2.23. The van der Waals surface area contributed by atoms with Crippen LogP contribution in [0.1, 0.15) is 32.6 Å². The molecule has 0 N–H and O–H groups in total. The van der Waals surface area contributed by atoms with Crippen molar-refractivity contribution in [2.75, 3.05) is 0 Å². The van der Waals surface area contributed by atoms with Gasteiger partial charge in [0.1, 0.15) is 12.2 Å². The summed E-state index contributed by atoms with van der Waals surface area (Å²) < 4.78 is 16.7. The molecule has 0 aromatic heterocycles. The monoisotopic (exact) mass is 198 g/mol. The Labute approximate surface area is 82.5 Å². The SMILES string of the molecule is CC1CCC2(CC3OC(=O)CC3O2)O1. The van der Waals surface area contributed by atoms with E-state index in [2.05, 4.69) is 6.92 Å². The molecule has 14 heavy (non-hydrogen) atoms. The predicted molar refractivity (Wildman–Crippen MR) is 46.5 cm³/mol. The van der Waals surface area contributed by atoms with Crippen LogP contribution in [0.25, 0.3) is 0 Å². The molecule has 3 heterocycles. The zero-order chi connectivity index (χ0) is 9.76. The lowest BCUT2D eigenvalue weighted by atomic mass is 10.1. The molecule has 3 rings (SSSR count). The van der Waals surface area contributed by atoms with Crippen LogP contribution < -0.4 is 0 Å². The Balaban J connectivity index is 1.74. The van der Waals surface area contributed by atoms with Gasteiger partial charge in [0, 0.05) is 12.8 Å². The summed E-state index contributed by atoms with van der Waals surface area (Å²) in [5.74, 6) is -0.573. The van der Waals surface area contributed by atoms with Crippen molar-refractivity contribution in [3.05, 3.63) is 0 Å². The maximum absolute atomic E-state index is 11.0. The number of rotatable bonds is 0. The van der Waals surface area contributed by atoms with Crippen molar-refractivity contribution in [2.45, 2.75) is 56.7 Å². The number of fused-ring (bicyclic) bond motifs is 1. The summed E-state index contributed by atoms with van der Waals surface area (Å²) in [6, 6.07) is 0. The fourth-order valence-electron chi connectivity index (χ4n) is 2.65. The number of hydrogen-bond donors (Lipinski definition) is 0. The number of ether oxygens (including phenoxy) is 3. The maximum atomic E-state index is 11.0. The largest absolute Gasteiger partial charge is 0.459 e. The molecular weight excluding hydrogens is 184 g/mol. The first-order chi connectivity index (χ1) is 6.67. The van der Waals surface area contributed by atoms with Gasteiger partial charge in [0.05, 0.1) is 12.5 Å². The first-order valence-corrected chi connectivity index (χ1v) is 5.22. The first kappa shape index (κ1) is 8.68. The van der Waals surface area contributed by atoms with Crippen molar-refractivity contribution < 1.29 is 19.0 Å². The smallest absolute Gasteiger partial charge is 0.308 e. The second-order valence-corrected chi connectivity index (χ2v) is 4.47. The van der Waals surface area contributed by atoms with Gasteiger partial charge in [-0.3, -0.25) is 4.79 Å². The van der Waals surface area contributed by atoms with E-state index in [4.69, 9.17) is 14.2 Å². The Morgan fingerprint density at radius 3 is 2.86 bits per heavy atom. The highest BCUT2D eigenvalue weighted by atomic mass is 16.7. The van der Waals surface area contributed by atoms with Crippen LogP contribution in [0, 0.1) is 0 Å². The average molecular weight is 198 g/mol. The number of hydrogen-bond acceptors (Lipinski definition) is 4. The third-order valence-electron chi connectivity index (χ3n) is 3.29. The molecule has 4 nitrogen and oxygen atoms in total. The van der Waals surface area contributed by atoms with Crippen molar-refractivity contribution >= 4 is 5.97 Å². The molecule has 3 fully saturated rings. The Bertz CT molecular complexity index is 259. The average Bonchev–Trinajstić information content (AvgIpc) is 2.66. The minimum absolute atomic E-state index is 0.0622.